The molecule has 120 valence electrons. The number of hydrogen-bond donors (Lipinski definition) is 1. The van der Waals surface area contributed by atoms with Crippen LogP contribution in [-0.2, 0) is 4.79 Å². The molecule has 1 atom stereocenters. The first-order valence-corrected chi connectivity index (χ1v) is 7.71. The number of aliphatic hydroxyl groups excluding tert-OH is 1. The van der Waals surface area contributed by atoms with Crippen LogP contribution in [0.15, 0.2) is 12.3 Å². The maximum Gasteiger partial charge on any atom is 0.230 e. The van der Waals surface area contributed by atoms with E-state index in [-0.39, 0.29) is 17.9 Å². The Morgan fingerprint density at radius 2 is 2.27 bits per heavy atom. The smallest absolute Gasteiger partial charge is 0.230 e. The summed E-state index contributed by atoms with van der Waals surface area (Å²) in [6.07, 6.45) is 4.37. The second-order valence-electron chi connectivity index (χ2n) is 5.97. The number of methoxy groups -OCH3 is 1. The lowest BCUT2D eigenvalue weighted by Gasteiger charge is -2.39. The molecule has 1 N–H and O–H groups in total. The molecule has 1 aromatic heterocycles. The summed E-state index contributed by atoms with van der Waals surface area (Å²) in [7, 11) is 1.58. The van der Waals surface area contributed by atoms with Crippen LogP contribution >= 0.6 is 0 Å². The van der Waals surface area contributed by atoms with E-state index in [0.717, 1.165) is 32.4 Å². The Hall–Kier alpha value is -1.89. The number of aromatic nitrogens is 2. The fourth-order valence-electron chi connectivity index (χ4n) is 3.51. The van der Waals surface area contributed by atoms with Crippen LogP contribution in [0, 0.1) is 5.41 Å². The van der Waals surface area contributed by atoms with Gasteiger partial charge in [0.15, 0.2) is 0 Å². The van der Waals surface area contributed by atoms with Gasteiger partial charge in [0, 0.05) is 38.4 Å². The number of nitrogens with zero attached hydrogens (tertiary/aromatic N) is 4. The second kappa shape index (κ2) is 6.08. The molecule has 1 spiro atoms. The maximum absolute atomic E-state index is 12.8. The highest BCUT2D eigenvalue weighted by molar-refractivity contribution is 5.85. The van der Waals surface area contributed by atoms with Crippen molar-refractivity contribution in [1.29, 1.82) is 0 Å². The molecule has 2 saturated heterocycles. The van der Waals surface area contributed by atoms with E-state index in [2.05, 4.69) is 14.9 Å². The van der Waals surface area contributed by atoms with Gasteiger partial charge >= 0.3 is 0 Å². The molecule has 1 aromatic rings. The molecule has 7 nitrogen and oxygen atoms in total. The lowest BCUT2D eigenvalue weighted by atomic mass is 9.78. The summed E-state index contributed by atoms with van der Waals surface area (Å²) < 4.78 is 5.14. The molecular formula is C15H22N4O3. The van der Waals surface area contributed by atoms with Crippen molar-refractivity contribution >= 4 is 11.9 Å². The number of β-amino-alcohol motifs (C(OH)–C–C–N with tert-alkyl or cyclic N) is 1. The van der Waals surface area contributed by atoms with E-state index in [0.29, 0.717) is 24.9 Å². The van der Waals surface area contributed by atoms with E-state index in [1.807, 2.05) is 0 Å². The fourth-order valence-corrected chi connectivity index (χ4v) is 3.51. The number of ether oxygens (including phenoxy) is 1. The van der Waals surface area contributed by atoms with Crippen LogP contribution < -0.4 is 9.64 Å². The minimum atomic E-state index is -0.347. The van der Waals surface area contributed by atoms with Crippen LogP contribution in [0.5, 0.6) is 5.88 Å². The molecule has 3 rings (SSSR count). The van der Waals surface area contributed by atoms with Crippen molar-refractivity contribution in [2.75, 3.05) is 44.8 Å². The van der Waals surface area contributed by atoms with Crippen LogP contribution in [-0.4, -0.2) is 65.8 Å². The van der Waals surface area contributed by atoms with Gasteiger partial charge in [-0.05, 0) is 19.3 Å². The lowest BCUT2D eigenvalue weighted by molar-refractivity contribution is -0.145. The number of rotatable bonds is 4. The maximum atomic E-state index is 12.8. The van der Waals surface area contributed by atoms with Gasteiger partial charge in [-0.15, -0.1) is 0 Å². The average Bonchev–Trinajstić information content (AvgIpc) is 2.97. The molecule has 1 amide bonds. The normalized spacial score (nSPS) is 25.1. The Labute approximate surface area is 129 Å². The first kappa shape index (κ1) is 15.0. The van der Waals surface area contributed by atoms with E-state index < -0.39 is 0 Å². The first-order valence-electron chi connectivity index (χ1n) is 7.71. The monoisotopic (exact) mass is 306 g/mol. The van der Waals surface area contributed by atoms with Crippen molar-refractivity contribution in [3.63, 3.8) is 0 Å². The summed E-state index contributed by atoms with van der Waals surface area (Å²) >= 11 is 0. The van der Waals surface area contributed by atoms with Crippen molar-refractivity contribution in [1.82, 2.24) is 14.9 Å². The molecule has 22 heavy (non-hydrogen) atoms. The van der Waals surface area contributed by atoms with E-state index >= 15 is 0 Å². The van der Waals surface area contributed by atoms with E-state index in [1.165, 1.54) is 0 Å². The summed E-state index contributed by atoms with van der Waals surface area (Å²) in [5, 5.41) is 9.12. The van der Waals surface area contributed by atoms with E-state index in [4.69, 9.17) is 9.84 Å². The fraction of sp³-hybridized carbons (Fsp3) is 0.667. The number of amides is 1. The summed E-state index contributed by atoms with van der Waals surface area (Å²) in [5.41, 5.74) is -0.347. The molecule has 2 fully saturated rings. The topological polar surface area (TPSA) is 78.8 Å². The van der Waals surface area contributed by atoms with Gasteiger partial charge in [0.25, 0.3) is 0 Å². The molecule has 0 aliphatic carbocycles. The van der Waals surface area contributed by atoms with E-state index in [1.54, 1.807) is 24.3 Å². The van der Waals surface area contributed by atoms with Gasteiger partial charge < -0.3 is 19.6 Å². The largest absolute Gasteiger partial charge is 0.481 e. The van der Waals surface area contributed by atoms with Gasteiger partial charge in [-0.25, -0.2) is 4.98 Å². The molecule has 2 aliphatic rings. The van der Waals surface area contributed by atoms with Gasteiger partial charge in [-0.1, -0.05) is 0 Å². The minimum Gasteiger partial charge on any atom is -0.481 e. The van der Waals surface area contributed by atoms with Crippen LogP contribution in [0.4, 0.5) is 5.95 Å². The van der Waals surface area contributed by atoms with Crippen LogP contribution in [0.3, 0.4) is 0 Å². The Kier molecular flexibility index (Phi) is 4.15. The SMILES string of the molecule is COc1ccnc(N2CCC3(CCCN(CCO)C3=O)C2)n1. The predicted molar refractivity (Wildman–Crippen MR) is 80.7 cm³/mol. The Balaban J connectivity index is 1.76. The van der Waals surface area contributed by atoms with Gasteiger partial charge in [0.1, 0.15) is 0 Å². The second-order valence-corrected chi connectivity index (χ2v) is 5.97. The molecule has 0 aromatic carbocycles. The molecular weight excluding hydrogens is 284 g/mol. The third-order valence-corrected chi connectivity index (χ3v) is 4.66. The van der Waals surface area contributed by atoms with Gasteiger partial charge in [-0.3, -0.25) is 4.79 Å². The number of anilines is 1. The number of carbonyl (C=O) groups is 1. The number of piperidine rings is 1. The zero-order valence-electron chi connectivity index (χ0n) is 12.9. The highest BCUT2D eigenvalue weighted by atomic mass is 16.5. The first-order chi connectivity index (χ1) is 10.7. The standard InChI is InChI=1S/C15H22N4O3/c1-22-12-3-6-16-14(17-12)19-8-5-15(11-19)4-2-7-18(9-10-20)13(15)21/h3,6,20H,2,4-5,7-11H2,1H3. The molecule has 0 saturated carbocycles. The number of aliphatic hydroxyl groups is 1. The number of carbonyl (C=O) groups excluding carboxylic acids is 1. The van der Waals surface area contributed by atoms with Crippen molar-refractivity contribution in [3.8, 4) is 5.88 Å². The average molecular weight is 306 g/mol. The Bertz CT molecular complexity index is 551. The molecule has 1 unspecified atom stereocenters. The molecule has 0 radical (unpaired) electrons. The zero-order chi connectivity index (χ0) is 15.6. The third-order valence-electron chi connectivity index (χ3n) is 4.66. The van der Waals surface area contributed by atoms with Crippen LogP contribution in [0.25, 0.3) is 0 Å². The summed E-state index contributed by atoms with van der Waals surface area (Å²) in [5.74, 6) is 1.31. The Morgan fingerprint density at radius 3 is 3.05 bits per heavy atom. The van der Waals surface area contributed by atoms with Gasteiger partial charge in [0.05, 0.1) is 19.1 Å². The molecule has 0 bridgehead atoms. The lowest BCUT2D eigenvalue weighted by Crippen LogP contribution is -2.50. The summed E-state index contributed by atoms with van der Waals surface area (Å²) in [6.45, 7) is 2.60. The highest BCUT2D eigenvalue weighted by Gasteiger charge is 2.48. The predicted octanol–water partition coefficient (Wildman–Crippen LogP) is 0.296. The quantitative estimate of drug-likeness (QED) is 0.862. The van der Waals surface area contributed by atoms with Crippen molar-refractivity contribution in [2.24, 2.45) is 5.41 Å². The van der Waals surface area contributed by atoms with Gasteiger partial charge in [0.2, 0.25) is 17.7 Å². The minimum absolute atomic E-state index is 0.0184. The van der Waals surface area contributed by atoms with Gasteiger partial charge in [-0.2, -0.15) is 4.98 Å². The summed E-state index contributed by atoms with van der Waals surface area (Å²) in [6, 6.07) is 1.71. The zero-order valence-corrected chi connectivity index (χ0v) is 12.9. The van der Waals surface area contributed by atoms with Crippen LogP contribution in [0.1, 0.15) is 19.3 Å². The number of likely N-dealkylation sites (tertiary alicyclic amines) is 1. The molecule has 2 aliphatic heterocycles. The summed E-state index contributed by atoms with van der Waals surface area (Å²) in [4.78, 5) is 25.3. The van der Waals surface area contributed by atoms with Crippen LogP contribution in [0.2, 0.25) is 0 Å². The van der Waals surface area contributed by atoms with Crippen molar-refractivity contribution < 1.29 is 14.6 Å². The Morgan fingerprint density at radius 1 is 1.41 bits per heavy atom. The third kappa shape index (κ3) is 2.61. The van der Waals surface area contributed by atoms with E-state index in [9.17, 15) is 4.79 Å². The van der Waals surface area contributed by atoms with Crippen molar-refractivity contribution in [3.05, 3.63) is 12.3 Å². The highest BCUT2D eigenvalue weighted by Crippen LogP contribution is 2.40. The van der Waals surface area contributed by atoms with Crippen molar-refractivity contribution in [2.45, 2.75) is 19.3 Å². The number of hydrogen-bond acceptors (Lipinski definition) is 6. The molecule has 7 heteroatoms. The molecule has 3 heterocycles.